The van der Waals surface area contributed by atoms with Crippen LogP contribution in [0.5, 0.6) is 0 Å². The van der Waals surface area contributed by atoms with Crippen molar-refractivity contribution in [2.45, 2.75) is 13.8 Å². The zero-order valence-corrected chi connectivity index (χ0v) is 13.7. The summed E-state index contributed by atoms with van der Waals surface area (Å²) in [6.45, 7) is 3.76. The molecule has 0 aliphatic rings. The number of aryl methyl sites for hydroxylation is 2. The SMILES string of the molecule is Cc1cc(C)nc(Nc2nc3c(cnn3-c3ccccc3)c(=O)[nH]2)n1. The molecule has 4 aromatic rings. The van der Waals surface area contributed by atoms with Gasteiger partial charge in [-0.15, -0.1) is 0 Å². The first-order valence-electron chi connectivity index (χ1n) is 7.73. The number of nitrogens with zero attached hydrogens (tertiary/aromatic N) is 5. The number of hydrogen-bond acceptors (Lipinski definition) is 6. The Kier molecular flexibility index (Phi) is 3.50. The molecule has 0 saturated carbocycles. The number of fused-ring (bicyclic) bond motifs is 1. The first-order valence-corrected chi connectivity index (χ1v) is 7.73. The van der Waals surface area contributed by atoms with Crippen molar-refractivity contribution in [1.29, 1.82) is 0 Å². The molecule has 8 nitrogen and oxygen atoms in total. The molecule has 0 atom stereocenters. The van der Waals surface area contributed by atoms with Gasteiger partial charge in [0, 0.05) is 11.4 Å². The third-order valence-corrected chi connectivity index (χ3v) is 3.65. The van der Waals surface area contributed by atoms with E-state index in [1.807, 2.05) is 50.2 Å². The molecule has 0 spiro atoms. The molecule has 25 heavy (non-hydrogen) atoms. The fraction of sp³-hybridized carbons (Fsp3) is 0.118. The molecule has 0 fully saturated rings. The molecule has 3 aromatic heterocycles. The molecule has 2 N–H and O–H groups in total. The summed E-state index contributed by atoms with van der Waals surface area (Å²) in [5.74, 6) is 0.644. The van der Waals surface area contributed by atoms with Crippen LogP contribution in [0.2, 0.25) is 0 Å². The summed E-state index contributed by atoms with van der Waals surface area (Å²) in [4.78, 5) is 28.1. The highest BCUT2D eigenvalue weighted by molar-refractivity contribution is 5.76. The average molecular weight is 333 g/mol. The predicted molar refractivity (Wildman–Crippen MR) is 94.3 cm³/mol. The molecule has 1 aromatic carbocycles. The van der Waals surface area contributed by atoms with Gasteiger partial charge in [0.1, 0.15) is 5.39 Å². The van der Waals surface area contributed by atoms with Crippen LogP contribution >= 0.6 is 0 Å². The van der Waals surface area contributed by atoms with Crippen molar-refractivity contribution in [3.8, 4) is 5.69 Å². The summed E-state index contributed by atoms with van der Waals surface area (Å²) >= 11 is 0. The summed E-state index contributed by atoms with van der Waals surface area (Å²) in [5.41, 5.74) is 2.66. The molecule has 0 amide bonds. The highest BCUT2D eigenvalue weighted by Crippen LogP contribution is 2.16. The molecule has 0 unspecified atom stereocenters. The van der Waals surface area contributed by atoms with E-state index >= 15 is 0 Å². The van der Waals surface area contributed by atoms with Gasteiger partial charge in [-0.2, -0.15) is 10.1 Å². The van der Waals surface area contributed by atoms with Gasteiger partial charge < -0.3 is 0 Å². The van der Waals surface area contributed by atoms with Crippen molar-refractivity contribution >= 4 is 22.9 Å². The zero-order chi connectivity index (χ0) is 17.4. The number of H-pyrrole nitrogens is 1. The van der Waals surface area contributed by atoms with E-state index in [0.717, 1.165) is 17.1 Å². The number of aromatic nitrogens is 6. The van der Waals surface area contributed by atoms with E-state index in [1.54, 1.807) is 4.68 Å². The molecule has 0 aliphatic carbocycles. The van der Waals surface area contributed by atoms with E-state index in [4.69, 9.17) is 0 Å². The van der Waals surface area contributed by atoms with Gasteiger partial charge in [-0.1, -0.05) is 18.2 Å². The second-order valence-corrected chi connectivity index (χ2v) is 5.64. The van der Waals surface area contributed by atoms with E-state index in [9.17, 15) is 4.79 Å². The largest absolute Gasteiger partial charge is 0.294 e. The zero-order valence-electron chi connectivity index (χ0n) is 13.7. The highest BCUT2D eigenvalue weighted by Gasteiger charge is 2.12. The van der Waals surface area contributed by atoms with Crippen molar-refractivity contribution in [3.63, 3.8) is 0 Å². The van der Waals surface area contributed by atoms with Crippen LogP contribution in [0.4, 0.5) is 11.9 Å². The first kappa shape index (κ1) is 15.0. The number of nitrogens with one attached hydrogen (secondary N) is 2. The lowest BCUT2D eigenvalue weighted by Gasteiger charge is -2.07. The molecule has 3 heterocycles. The van der Waals surface area contributed by atoms with Crippen LogP contribution in [-0.2, 0) is 0 Å². The van der Waals surface area contributed by atoms with Gasteiger partial charge in [0.25, 0.3) is 5.56 Å². The summed E-state index contributed by atoms with van der Waals surface area (Å²) in [6, 6.07) is 11.4. The lowest BCUT2D eigenvalue weighted by atomic mass is 10.3. The van der Waals surface area contributed by atoms with Crippen molar-refractivity contribution in [1.82, 2.24) is 29.7 Å². The van der Waals surface area contributed by atoms with Crippen molar-refractivity contribution in [3.05, 3.63) is 64.3 Å². The van der Waals surface area contributed by atoms with Gasteiger partial charge >= 0.3 is 0 Å². The van der Waals surface area contributed by atoms with Gasteiger partial charge in [-0.25, -0.2) is 14.6 Å². The summed E-state index contributed by atoms with van der Waals surface area (Å²) in [5, 5.41) is 7.65. The molecule has 8 heteroatoms. The van der Waals surface area contributed by atoms with Crippen LogP contribution in [-0.4, -0.2) is 29.7 Å². The molecular weight excluding hydrogens is 318 g/mol. The standard InChI is InChI=1S/C17H15N7O/c1-10-8-11(2)20-16(19-10)23-17-21-14-13(15(25)22-17)9-18-24(14)12-6-4-3-5-7-12/h3-9H,1-2H3,(H2,19,20,21,22,23,25). The molecular formula is C17H15N7O. The summed E-state index contributed by atoms with van der Waals surface area (Å²) in [6.07, 6.45) is 1.51. The first-order chi connectivity index (χ1) is 12.1. The Balaban J connectivity index is 1.82. The number of hydrogen-bond donors (Lipinski definition) is 2. The second kappa shape index (κ2) is 5.82. The van der Waals surface area contributed by atoms with Crippen LogP contribution in [0.1, 0.15) is 11.4 Å². The van der Waals surface area contributed by atoms with E-state index in [2.05, 4.69) is 30.4 Å². The maximum Gasteiger partial charge on any atom is 0.263 e. The van der Waals surface area contributed by atoms with Crippen LogP contribution < -0.4 is 10.9 Å². The fourth-order valence-electron chi connectivity index (χ4n) is 2.62. The average Bonchev–Trinajstić information content (AvgIpc) is 2.99. The Hall–Kier alpha value is -3.55. The number of benzene rings is 1. The van der Waals surface area contributed by atoms with E-state index < -0.39 is 0 Å². The third-order valence-electron chi connectivity index (χ3n) is 3.65. The van der Waals surface area contributed by atoms with Crippen LogP contribution in [0, 0.1) is 13.8 Å². The van der Waals surface area contributed by atoms with E-state index in [1.165, 1.54) is 6.20 Å². The maximum atomic E-state index is 12.3. The normalized spacial score (nSPS) is 11.0. The summed E-state index contributed by atoms with van der Waals surface area (Å²) < 4.78 is 1.62. The van der Waals surface area contributed by atoms with Crippen LogP contribution in [0.15, 0.2) is 47.4 Å². The Morgan fingerprint density at radius 1 is 1.04 bits per heavy atom. The smallest absolute Gasteiger partial charge is 0.263 e. The van der Waals surface area contributed by atoms with Crippen molar-refractivity contribution in [2.75, 3.05) is 5.32 Å². The predicted octanol–water partition coefficient (Wildman–Crippen LogP) is 2.26. The number of rotatable bonds is 3. The number of anilines is 2. The highest BCUT2D eigenvalue weighted by atomic mass is 16.1. The quantitative estimate of drug-likeness (QED) is 0.596. The number of aromatic amines is 1. The lowest BCUT2D eigenvalue weighted by molar-refractivity contribution is 0.895. The molecule has 0 saturated heterocycles. The van der Waals surface area contributed by atoms with Gasteiger partial charge in [-0.05, 0) is 32.0 Å². The fourth-order valence-corrected chi connectivity index (χ4v) is 2.62. The monoisotopic (exact) mass is 333 g/mol. The van der Waals surface area contributed by atoms with Crippen LogP contribution in [0.3, 0.4) is 0 Å². The minimum Gasteiger partial charge on any atom is -0.294 e. The van der Waals surface area contributed by atoms with Crippen molar-refractivity contribution in [2.24, 2.45) is 0 Å². The Morgan fingerprint density at radius 2 is 1.76 bits per heavy atom. The Labute approximate surface area is 142 Å². The van der Waals surface area contributed by atoms with Gasteiger partial charge in [0.05, 0.1) is 11.9 Å². The minimum atomic E-state index is -0.279. The molecule has 4 rings (SSSR count). The molecule has 0 aliphatic heterocycles. The Bertz CT molecular complexity index is 1090. The third kappa shape index (κ3) is 2.85. The minimum absolute atomic E-state index is 0.264. The number of para-hydroxylation sites is 1. The summed E-state index contributed by atoms with van der Waals surface area (Å²) in [7, 11) is 0. The molecule has 0 radical (unpaired) electrons. The van der Waals surface area contributed by atoms with Gasteiger partial charge in [0.15, 0.2) is 5.65 Å². The van der Waals surface area contributed by atoms with E-state index in [-0.39, 0.29) is 11.5 Å². The van der Waals surface area contributed by atoms with Gasteiger partial charge in [0.2, 0.25) is 11.9 Å². The molecule has 0 bridgehead atoms. The van der Waals surface area contributed by atoms with Crippen LogP contribution in [0.25, 0.3) is 16.7 Å². The maximum absolute atomic E-state index is 12.3. The topological polar surface area (TPSA) is 101 Å². The van der Waals surface area contributed by atoms with Crippen molar-refractivity contribution < 1.29 is 0 Å². The second-order valence-electron chi connectivity index (χ2n) is 5.64. The lowest BCUT2D eigenvalue weighted by Crippen LogP contribution is -2.13. The Morgan fingerprint density at radius 3 is 2.48 bits per heavy atom. The van der Waals surface area contributed by atoms with Gasteiger partial charge in [-0.3, -0.25) is 15.1 Å². The molecule has 124 valence electrons. The van der Waals surface area contributed by atoms with E-state index in [0.29, 0.717) is 17.0 Å².